The number of aromatic nitrogens is 1. The summed E-state index contributed by atoms with van der Waals surface area (Å²) in [5.74, 6) is -1.41. The number of rotatable bonds is 6. The van der Waals surface area contributed by atoms with Crippen molar-refractivity contribution in [3.05, 3.63) is 75.7 Å². The number of amides is 2. The summed E-state index contributed by atoms with van der Waals surface area (Å²) in [4.78, 5) is 42.4. The molecule has 5 rings (SSSR count). The van der Waals surface area contributed by atoms with Gasteiger partial charge in [-0.15, -0.1) is 11.3 Å². The number of likely N-dealkylation sites (tertiary alicyclic amines) is 1. The molecule has 9 heteroatoms. The summed E-state index contributed by atoms with van der Waals surface area (Å²) in [5.41, 5.74) is 4.81. The van der Waals surface area contributed by atoms with Crippen LogP contribution in [-0.2, 0) is 16.1 Å². The SMILES string of the molecule is O=C(NCc1nc(C(=O)N2CCCC[C@H]2C(=O)O)cs1)OCC1c2ccccc2-c2ccccc21. The highest BCUT2D eigenvalue weighted by atomic mass is 32.1. The number of nitrogens with one attached hydrogen (secondary N) is 1. The Bertz CT molecular complexity index is 1230. The van der Waals surface area contributed by atoms with Crippen LogP contribution in [0.1, 0.15) is 51.8 Å². The van der Waals surface area contributed by atoms with Crippen LogP contribution in [0.25, 0.3) is 11.1 Å². The first-order valence-corrected chi connectivity index (χ1v) is 12.5. The zero-order valence-electron chi connectivity index (χ0n) is 19.0. The van der Waals surface area contributed by atoms with Crippen LogP contribution in [0.4, 0.5) is 4.79 Å². The van der Waals surface area contributed by atoms with Gasteiger partial charge in [0.1, 0.15) is 23.4 Å². The average molecular weight is 492 g/mol. The zero-order chi connectivity index (χ0) is 24.4. The molecule has 35 heavy (non-hydrogen) atoms. The molecule has 0 spiro atoms. The van der Waals surface area contributed by atoms with E-state index in [4.69, 9.17) is 4.74 Å². The molecule has 2 N–H and O–H groups in total. The molecule has 1 fully saturated rings. The third-order valence-corrected chi connectivity index (χ3v) is 7.40. The number of ether oxygens (including phenoxy) is 1. The maximum Gasteiger partial charge on any atom is 0.407 e. The van der Waals surface area contributed by atoms with Crippen molar-refractivity contribution in [2.24, 2.45) is 0 Å². The molecule has 3 aromatic rings. The van der Waals surface area contributed by atoms with Gasteiger partial charge in [0.15, 0.2) is 0 Å². The number of carbonyl (C=O) groups is 3. The van der Waals surface area contributed by atoms with Gasteiger partial charge in [-0.05, 0) is 41.5 Å². The van der Waals surface area contributed by atoms with E-state index in [1.807, 2.05) is 24.3 Å². The molecule has 0 bridgehead atoms. The smallest absolute Gasteiger partial charge is 0.407 e. The highest BCUT2D eigenvalue weighted by Gasteiger charge is 2.33. The lowest BCUT2D eigenvalue weighted by Crippen LogP contribution is -2.48. The highest BCUT2D eigenvalue weighted by Crippen LogP contribution is 2.44. The average Bonchev–Trinajstić information content (AvgIpc) is 3.49. The van der Waals surface area contributed by atoms with Gasteiger partial charge in [0.25, 0.3) is 5.91 Å². The number of carboxylic acid groups (broad SMARTS) is 1. The van der Waals surface area contributed by atoms with Crippen LogP contribution in [0.2, 0.25) is 0 Å². The summed E-state index contributed by atoms with van der Waals surface area (Å²) in [7, 11) is 0. The number of hydrogen-bond acceptors (Lipinski definition) is 6. The maximum atomic E-state index is 12.8. The Morgan fingerprint density at radius 2 is 1.74 bits per heavy atom. The van der Waals surface area contributed by atoms with Crippen LogP contribution in [0.3, 0.4) is 0 Å². The van der Waals surface area contributed by atoms with Gasteiger partial charge in [0, 0.05) is 17.8 Å². The molecule has 1 aromatic heterocycles. The van der Waals surface area contributed by atoms with Gasteiger partial charge < -0.3 is 20.1 Å². The lowest BCUT2D eigenvalue weighted by atomic mass is 9.98. The first-order chi connectivity index (χ1) is 17.0. The van der Waals surface area contributed by atoms with Crippen molar-refractivity contribution in [1.29, 1.82) is 0 Å². The second kappa shape index (κ2) is 9.87. The standard InChI is InChI=1S/C26H25N3O5S/c30-24(29-12-6-5-11-22(29)25(31)32)21-15-35-23(28-21)13-27-26(33)34-14-20-18-9-3-1-7-16(18)17-8-2-4-10-19(17)20/h1-4,7-10,15,20,22H,5-6,11-14H2,(H,27,33)(H,31,32)/t22-/m0/s1. The Morgan fingerprint density at radius 3 is 2.43 bits per heavy atom. The summed E-state index contributed by atoms with van der Waals surface area (Å²) in [5, 5.41) is 14.3. The summed E-state index contributed by atoms with van der Waals surface area (Å²) < 4.78 is 5.54. The van der Waals surface area contributed by atoms with Gasteiger partial charge in [-0.25, -0.2) is 14.6 Å². The third kappa shape index (κ3) is 4.64. The van der Waals surface area contributed by atoms with E-state index in [2.05, 4.69) is 34.6 Å². The predicted molar refractivity (Wildman–Crippen MR) is 130 cm³/mol. The van der Waals surface area contributed by atoms with Crippen molar-refractivity contribution in [2.45, 2.75) is 37.8 Å². The number of hydrogen-bond donors (Lipinski definition) is 2. The molecule has 1 aliphatic carbocycles. The predicted octanol–water partition coefficient (Wildman–Crippen LogP) is 4.26. The van der Waals surface area contributed by atoms with Crippen LogP contribution in [-0.4, -0.2) is 52.2 Å². The number of fused-ring (bicyclic) bond motifs is 3. The van der Waals surface area contributed by atoms with Gasteiger partial charge in [0.2, 0.25) is 0 Å². The molecule has 2 aromatic carbocycles. The van der Waals surface area contributed by atoms with Crippen LogP contribution in [0.15, 0.2) is 53.9 Å². The molecule has 1 aliphatic heterocycles. The fourth-order valence-corrected chi connectivity index (χ4v) is 5.57. The van der Waals surface area contributed by atoms with E-state index >= 15 is 0 Å². The first-order valence-electron chi connectivity index (χ1n) is 11.6. The Balaban J connectivity index is 1.17. The topological polar surface area (TPSA) is 109 Å². The van der Waals surface area contributed by atoms with Crippen LogP contribution < -0.4 is 5.32 Å². The first kappa shape index (κ1) is 23.0. The van der Waals surface area contributed by atoms with Gasteiger partial charge in [0.05, 0.1) is 6.54 Å². The summed E-state index contributed by atoms with van der Waals surface area (Å²) in [6.45, 7) is 0.741. The molecule has 0 saturated carbocycles. The number of thiazole rings is 1. The van der Waals surface area contributed by atoms with E-state index in [-0.39, 0.29) is 30.7 Å². The quantitative estimate of drug-likeness (QED) is 0.533. The van der Waals surface area contributed by atoms with Crippen LogP contribution >= 0.6 is 11.3 Å². The number of alkyl carbamates (subject to hydrolysis) is 1. The van der Waals surface area contributed by atoms with Crippen LogP contribution in [0, 0.1) is 0 Å². The molecule has 1 atom stereocenters. The van der Waals surface area contributed by atoms with Crippen molar-refractivity contribution < 1.29 is 24.2 Å². The van der Waals surface area contributed by atoms with Crippen molar-refractivity contribution in [3.63, 3.8) is 0 Å². The fraction of sp³-hybridized carbons (Fsp3) is 0.308. The zero-order valence-corrected chi connectivity index (χ0v) is 19.8. The molecule has 1 saturated heterocycles. The minimum absolute atomic E-state index is 0.0241. The lowest BCUT2D eigenvalue weighted by molar-refractivity contribution is -0.143. The molecule has 0 unspecified atom stereocenters. The number of nitrogens with zero attached hydrogens (tertiary/aromatic N) is 2. The van der Waals surface area contributed by atoms with E-state index in [9.17, 15) is 19.5 Å². The highest BCUT2D eigenvalue weighted by molar-refractivity contribution is 7.09. The van der Waals surface area contributed by atoms with E-state index in [1.54, 1.807) is 5.38 Å². The second-order valence-electron chi connectivity index (χ2n) is 8.65. The summed E-state index contributed by atoms with van der Waals surface area (Å²) in [6, 6.07) is 15.5. The Labute approximate surface area is 206 Å². The minimum atomic E-state index is -0.995. The molecule has 2 amide bonds. The lowest BCUT2D eigenvalue weighted by Gasteiger charge is -2.32. The van der Waals surface area contributed by atoms with Crippen molar-refractivity contribution in [3.8, 4) is 11.1 Å². The van der Waals surface area contributed by atoms with E-state index in [0.29, 0.717) is 18.0 Å². The fourth-order valence-electron chi connectivity index (χ4n) is 4.87. The van der Waals surface area contributed by atoms with E-state index in [1.165, 1.54) is 16.2 Å². The number of carbonyl (C=O) groups excluding carboxylic acids is 2. The van der Waals surface area contributed by atoms with Crippen molar-refractivity contribution in [1.82, 2.24) is 15.2 Å². The molecule has 2 heterocycles. The van der Waals surface area contributed by atoms with E-state index in [0.717, 1.165) is 35.1 Å². The van der Waals surface area contributed by atoms with Crippen molar-refractivity contribution in [2.75, 3.05) is 13.2 Å². The largest absolute Gasteiger partial charge is 0.480 e. The monoisotopic (exact) mass is 491 g/mol. The molecular weight excluding hydrogens is 466 g/mol. The Morgan fingerprint density at radius 1 is 1.06 bits per heavy atom. The van der Waals surface area contributed by atoms with Gasteiger partial charge in [-0.3, -0.25) is 4.79 Å². The summed E-state index contributed by atoms with van der Waals surface area (Å²) >= 11 is 1.24. The second-order valence-corrected chi connectivity index (χ2v) is 9.60. The number of carboxylic acids is 1. The maximum absolute atomic E-state index is 12.8. The van der Waals surface area contributed by atoms with Gasteiger partial charge in [-0.2, -0.15) is 0 Å². The number of aliphatic carboxylic acids is 1. The number of piperidine rings is 1. The molecular formula is C26H25N3O5S. The third-order valence-electron chi connectivity index (χ3n) is 6.55. The molecule has 0 radical (unpaired) electrons. The molecule has 180 valence electrons. The minimum Gasteiger partial charge on any atom is -0.480 e. The van der Waals surface area contributed by atoms with Crippen LogP contribution in [0.5, 0.6) is 0 Å². The Kier molecular flexibility index (Phi) is 6.50. The number of benzene rings is 2. The van der Waals surface area contributed by atoms with E-state index < -0.39 is 18.1 Å². The van der Waals surface area contributed by atoms with Gasteiger partial charge in [-0.1, -0.05) is 48.5 Å². The summed E-state index contributed by atoms with van der Waals surface area (Å²) in [6.07, 6.45) is 1.45. The molecule has 8 nitrogen and oxygen atoms in total. The van der Waals surface area contributed by atoms with Gasteiger partial charge >= 0.3 is 12.1 Å². The Hall–Kier alpha value is -3.72. The van der Waals surface area contributed by atoms with Crippen molar-refractivity contribution >= 4 is 29.3 Å². The molecule has 2 aliphatic rings. The normalized spacial score (nSPS) is 16.9.